The van der Waals surface area contributed by atoms with E-state index < -0.39 is 6.09 Å². The van der Waals surface area contributed by atoms with Crippen LogP contribution in [0.2, 0.25) is 0 Å². The van der Waals surface area contributed by atoms with Crippen LogP contribution >= 0.6 is 0 Å². The molecule has 0 aliphatic carbocycles. The predicted molar refractivity (Wildman–Crippen MR) is 94.7 cm³/mol. The van der Waals surface area contributed by atoms with Gasteiger partial charge in [-0.3, -0.25) is 15.1 Å². The van der Waals surface area contributed by atoms with Crippen molar-refractivity contribution >= 4 is 23.4 Å². The van der Waals surface area contributed by atoms with Crippen LogP contribution in [0.4, 0.5) is 16.2 Å². The lowest BCUT2D eigenvalue weighted by Gasteiger charge is -2.08. The first-order valence-electron chi connectivity index (χ1n) is 7.56. The van der Waals surface area contributed by atoms with Crippen molar-refractivity contribution in [2.24, 2.45) is 0 Å². The van der Waals surface area contributed by atoms with Crippen LogP contribution in [0.1, 0.15) is 10.4 Å². The maximum absolute atomic E-state index is 12.0. The van der Waals surface area contributed by atoms with E-state index in [0.717, 1.165) is 0 Å². The summed E-state index contributed by atoms with van der Waals surface area (Å²) in [6, 6.07) is 18.9. The third kappa shape index (κ3) is 4.65. The number of anilines is 2. The monoisotopic (exact) mass is 333 g/mol. The molecule has 0 aliphatic rings. The number of para-hydroxylation sites is 1. The van der Waals surface area contributed by atoms with E-state index in [2.05, 4.69) is 15.6 Å². The molecule has 2 amide bonds. The van der Waals surface area contributed by atoms with E-state index >= 15 is 0 Å². The molecule has 3 rings (SSSR count). The van der Waals surface area contributed by atoms with E-state index in [0.29, 0.717) is 22.7 Å². The number of hydrogen-bond acceptors (Lipinski definition) is 4. The molecular weight excluding hydrogens is 318 g/mol. The van der Waals surface area contributed by atoms with E-state index in [9.17, 15) is 9.59 Å². The number of nitrogens with one attached hydrogen (secondary N) is 2. The van der Waals surface area contributed by atoms with Crippen molar-refractivity contribution in [2.45, 2.75) is 0 Å². The Balaban J connectivity index is 1.57. The Morgan fingerprint density at radius 1 is 0.800 bits per heavy atom. The molecular formula is C19H15N3O3. The second-order valence-electron chi connectivity index (χ2n) is 5.10. The Hall–Kier alpha value is -3.67. The van der Waals surface area contributed by atoms with Crippen molar-refractivity contribution < 1.29 is 14.3 Å². The smallest absolute Gasteiger partial charge is 0.410 e. The molecule has 2 N–H and O–H groups in total. The highest BCUT2D eigenvalue weighted by molar-refractivity contribution is 6.04. The largest absolute Gasteiger partial charge is 0.417 e. The zero-order valence-electron chi connectivity index (χ0n) is 13.2. The first-order chi connectivity index (χ1) is 12.2. The summed E-state index contributed by atoms with van der Waals surface area (Å²) in [5.41, 5.74) is 1.70. The zero-order valence-corrected chi connectivity index (χ0v) is 13.2. The van der Waals surface area contributed by atoms with Crippen LogP contribution in [-0.2, 0) is 0 Å². The second-order valence-corrected chi connectivity index (χ2v) is 5.10. The highest BCUT2D eigenvalue weighted by Gasteiger charge is 2.07. The molecule has 124 valence electrons. The van der Waals surface area contributed by atoms with E-state index in [1.165, 1.54) is 6.20 Å². The number of ether oxygens (including phenoxy) is 1. The fourth-order valence-electron chi connectivity index (χ4n) is 2.08. The lowest BCUT2D eigenvalue weighted by atomic mass is 10.2. The van der Waals surface area contributed by atoms with E-state index in [1.54, 1.807) is 54.7 Å². The Bertz CT molecular complexity index is 850. The van der Waals surface area contributed by atoms with E-state index in [1.807, 2.05) is 18.2 Å². The Morgan fingerprint density at radius 3 is 2.20 bits per heavy atom. The lowest BCUT2D eigenvalue weighted by molar-refractivity contribution is 0.102. The summed E-state index contributed by atoms with van der Waals surface area (Å²) in [5.74, 6) is 0.108. The Morgan fingerprint density at radius 2 is 1.52 bits per heavy atom. The first kappa shape index (κ1) is 16.2. The number of carbonyl (C=O) groups excluding carboxylic acids is 2. The number of amides is 2. The third-order valence-corrected chi connectivity index (χ3v) is 3.27. The molecule has 6 nitrogen and oxygen atoms in total. The molecule has 2 aromatic carbocycles. The van der Waals surface area contributed by atoms with Crippen LogP contribution in [-0.4, -0.2) is 17.0 Å². The number of benzene rings is 2. The second kappa shape index (κ2) is 7.74. The van der Waals surface area contributed by atoms with Crippen LogP contribution in [0, 0.1) is 0 Å². The van der Waals surface area contributed by atoms with Crippen molar-refractivity contribution in [1.82, 2.24) is 4.98 Å². The highest BCUT2D eigenvalue weighted by atomic mass is 16.6. The summed E-state index contributed by atoms with van der Waals surface area (Å²) in [7, 11) is 0. The molecule has 0 fully saturated rings. The van der Waals surface area contributed by atoms with Gasteiger partial charge in [-0.2, -0.15) is 0 Å². The molecule has 6 heteroatoms. The van der Waals surface area contributed by atoms with Gasteiger partial charge in [-0.25, -0.2) is 4.79 Å². The van der Waals surface area contributed by atoms with Crippen molar-refractivity contribution in [3.8, 4) is 5.75 Å². The van der Waals surface area contributed by atoms with Gasteiger partial charge in [0.1, 0.15) is 5.75 Å². The maximum atomic E-state index is 12.0. The topological polar surface area (TPSA) is 80.3 Å². The molecule has 1 aromatic heterocycles. The van der Waals surface area contributed by atoms with Gasteiger partial charge in [0.05, 0.1) is 5.56 Å². The van der Waals surface area contributed by atoms with Gasteiger partial charge in [0.2, 0.25) is 0 Å². The number of nitrogens with zero attached hydrogens (tertiary/aromatic N) is 1. The number of carbonyl (C=O) groups is 2. The van der Waals surface area contributed by atoms with Gasteiger partial charge in [-0.05, 0) is 48.5 Å². The number of pyridine rings is 1. The standard InChI is InChI=1S/C19H15N3O3/c23-18(14-5-4-12-20-13-14)21-16-8-10-17(11-9-16)25-19(24)22-15-6-2-1-3-7-15/h1-13H,(H,21,23)(H,22,24). The van der Waals surface area contributed by atoms with Crippen molar-refractivity contribution in [3.05, 3.63) is 84.7 Å². The Labute approximate surface area is 144 Å². The fraction of sp³-hybridized carbons (Fsp3) is 0. The molecule has 0 atom stereocenters. The molecule has 0 aliphatic heterocycles. The van der Waals surface area contributed by atoms with Gasteiger partial charge in [0.25, 0.3) is 5.91 Å². The molecule has 25 heavy (non-hydrogen) atoms. The fourth-order valence-corrected chi connectivity index (χ4v) is 2.08. The normalized spacial score (nSPS) is 9.92. The molecule has 1 heterocycles. The molecule has 3 aromatic rings. The summed E-state index contributed by atoms with van der Waals surface area (Å²) in [4.78, 5) is 27.8. The zero-order chi connectivity index (χ0) is 17.5. The van der Waals surface area contributed by atoms with E-state index in [4.69, 9.17) is 4.74 Å². The predicted octanol–water partition coefficient (Wildman–Crippen LogP) is 3.94. The van der Waals surface area contributed by atoms with Crippen LogP contribution in [0.3, 0.4) is 0 Å². The highest BCUT2D eigenvalue weighted by Crippen LogP contribution is 2.17. The molecule has 0 radical (unpaired) electrons. The molecule has 0 saturated carbocycles. The molecule has 0 spiro atoms. The van der Waals surface area contributed by atoms with Crippen LogP contribution in [0.15, 0.2) is 79.1 Å². The van der Waals surface area contributed by atoms with Crippen LogP contribution in [0.25, 0.3) is 0 Å². The van der Waals surface area contributed by atoms with Crippen molar-refractivity contribution in [1.29, 1.82) is 0 Å². The van der Waals surface area contributed by atoms with Crippen LogP contribution in [0.5, 0.6) is 5.75 Å². The first-order valence-corrected chi connectivity index (χ1v) is 7.56. The van der Waals surface area contributed by atoms with Gasteiger partial charge < -0.3 is 10.1 Å². The number of hydrogen-bond donors (Lipinski definition) is 2. The third-order valence-electron chi connectivity index (χ3n) is 3.27. The summed E-state index contributed by atoms with van der Waals surface area (Å²) >= 11 is 0. The van der Waals surface area contributed by atoms with Gasteiger partial charge in [-0.15, -0.1) is 0 Å². The van der Waals surface area contributed by atoms with Gasteiger partial charge in [0, 0.05) is 23.8 Å². The summed E-state index contributed by atoms with van der Waals surface area (Å²) < 4.78 is 5.19. The SMILES string of the molecule is O=C(Nc1ccccc1)Oc1ccc(NC(=O)c2cccnc2)cc1. The maximum Gasteiger partial charge on any atom is 0.417 e. The minimum absolute atomic E-state index is 0.261. The number of rotatable bonds is 4. The van der Waals surface area contributed by atoms with Gasteiger partial charge in [0.15, 0.2) is 0 Å². The average molecular weight is 333 g/mol. The lowest BCUT2D eigenvalue weighted by Crippen LogP contribution is -2.16. The average Bonchev–Trinajstić information content (AvgIpc) is 2.65. The number of aromatic nitrogens is 1. The summed E-state index contributed by atoms with van der Waals surface area (Å²) in [5, 5.41) is 5.36. The molecule has 0 unspecified atom stereocenters. The van der Waals surface area contributed by atoms with Crippen LogP contribution < -0.4 is 15.4 Å². The minimum Gasteiger partial charge on any atom is -0.410 e. The molecule has 0 bridgehead atoms. The van der Waals surface area contributed by atoms with Gasteiger partial charge in [-0.1, -0.05) is 18.2 Å². The van der Waals surface area contributed by atoms with Gasteiger partial charge >= 0.3 is 6.09 Å². The van der Waals surface area contributed by atoms with Crippen molar-refractivity contribution in [3.63, 3.8) is 0 Å². The Kier molecular flexibility index (Phi) is 5.01. The van der Waals surface area contributed by atoms with E-state index in [-0.39, 0.29) is 5.91 Å². The van der Waals surface area contributed by atoms with Crippen molar-refractivity contribution in [2.75, 3.05) is 10.6 Å². The molecule has 0 saturated heterocycles. The summed E-state index contributed by atoms with van der Waals surface area (Å²) in [6.45, 7) is 0. The quantitative estimate of drug-likeness (QED) is 0.758. The summed E-state index contributed by atoms with van der Waals surface area (Å²) in [6.07, 6.45) is 2.50. The minimum atomic E-state index is -0.585.